The van der Waals surface area contributed by atoms with E-state index in [4.69, 9.17) is 4.74 Å². The first-order valence-electron chi connectivity index (χ1n) is 6.91. The van der Waals surface area contributed by atoms with Gasteiger partial charge in [-0.25, -0.2) is 4.79 Å². The Kier molecular flexibility index (Phi) is 3.62. The van der Waals surface area contributed by atoms with Crippen molar-refractivity contribution in [1.29, 1.82) is 0 Å². The molecule has 0 atom stereocenters. The number of benzene rings is 1. The molecular weight excluding hydrogens is 270 g/mol. The molecular formula is C15H17N3O3. The number of imide groups is 1. The van der Waals surface area contributed by atoms with Gasteiger partial charge in [-0.05, 0) is 36.3 Å². The van der Waals surface area contributed by atoms with E-state index in [0.29, 0.717) is 0 Å². The molecule has 2 heterocycles. The summed E-state index contributed by atoms with van der Waals surface area (Å²) in [6, 6.07) is 5.60. The van der Waals surface area contributed by atoms with E-state index in [1.165, 1.54) is 0 Å². The van der Waals surface area contributed by atoms with Gasteiger partial charge in [-0.3, -0.25) is 10.1 Å². The fourth-order valence-electron chi connectivity index (χ4n) is 2.48. The molecule has 110 valence electrons. The maximum Gasteiger partial charge on any atom is 0.326 e. The molecule has 0 radical (unpaired) electrons. The minimum Gasteiger partial charge on any atom is -0.378 e. The first-order valence-corrected chi connectivity index (χ1v) is 6.91. The van der Waals surface area contributed by atoms with Gasteiger partial charge in [-0.1, -0.05) is 6.07 Å². The summed E-state index contributed by atoms with van der Waals surface area (Å²) in [5.74, 6) is -0.392. The van der Waals surface area contributed by atoms with Gasteiger partial charge in [0.05, 0.1) is 13.2 Å². The van der Waals surface area contributed by atoms with Crippen molar-refractivity contribution in [2.24, 2.45) is 0 Å². The van der Waals surface area contributed by atoms with Crippen LogP contribution in [-0.4, -0.2) is 38.2 Å². The maximum atomic E-state index is 11.5. The number of anilines is 1. The monoisotopic (exact) mass is 287 g/mol. The Bertz CT molecular complexity index is 619. The Morgan fingerprint density at radius 3 is 2.57 bits per heavy atom. The number of hydrogen-bond donors (Lipinski definition) is 2. The molecule has 0 spiro atoms. The van der Waals surface area contributed by atoms with Crippen LogP contribution in [0.1, 0.15) is 11.1 Å². The second-order valence-electron chi connectivity index (χ2n) is 5.11. The summed E-state index contributed by atoms with van der Waals surface area (Å²) in [5, 5.41) is 4.68. The topological polar surface area (TPSA) is 70.7 Å². The van der Waals surface area contributed by atoms with Gasteiger partial charge in [0.2, 0.25) is 0 Å². The van der Waals surface area contributed by atoms with E-state index < -0.39 is 11.9 Å². The second kappa shape index (κ2) is 5.57. The number of nitrogens with zero attached hydrogens (tertiary/aromatic N) is 1. The van der Waals surface area contributed by atoms with Crippen LogP contribution in [0, 0.1) is 6.92 Å². The van der Waals surface area contributed by atoms with Crippen LogP contribution in [0.5, 0.6) is 0 Å². The molecule has 6 heteroatoms. The molecule has 21 heavy (non-hydrogen) atoms. The third kappa shape index (κ3) is 2.90. The third-order valence-electron chi connectivity index (χ3n) is 3.65. The molecule has 2 N–H and O–H groups in total. The van der Waals surface area contributed by atoms with Gasteiger partial charge in [-0.15, -0.1) is 0 Å². The molecule has 2 saturated heterocycles. The van der Waals surface area contributed by atoms with Crippen molar-refractivity contribution < 1.29 is 14.3 Å². The number of morpholine rings is 1. The number of carbonyl (C=O) groups is 2. The van der Waals surface area contributed by atoms with Crippen molar-refractivity contribution >= 4 is 23.7 Å². The Labute approximate surface area is 122 Å². The molecule has 6 nitrogen and oxygen atoms in total. The summed E-state index contributed by atoms with van der Waals surface area (Å²) < 4.78 is 5.35. The van der Waals surface area contributed by atoms with Crippen molar-refractivity contribution in [1.82, 2.24) is 10.6 Å². The molecule has 3 rings (SSSR count). The van der Waals surface area contributed by atoms with Crippen molar-refractivity contribution in [2.75, 3.05) is 31.2 Å². The summed E-state index contributed by atoms with van der Waals surface area (Å²) in [5.41, 5.74) is 3.40. The molecule has 0 aromatic heterocycles. The van der Waals surface area contributed by atoms with Crippen molar-refractivity contribution in [2.45, 2.75) is 6.92 Å². The first kappa shape index (κ1) is 13.6. The fourth-order valence-corrected chi connectivity index (χ4v) is 2.48. The van der Waals surface area contributed by atoms with Crippen molar-refractivity contribution in [3.05, 3.63) is 35.0 Å². The van der Waals surface area contributed by atoms with E-state index in [2.05, 4.69) is 21.6 Å². The highest BCUT2D eigenvalue weighted by molar-refractivity contribution is 6.14. The van der Waals surface area contributed by atoms with E-state index in [1.807, 2.05) is 19.1 Å². The third-order valence-corrected chi connectivity index (χ3v) is 3.65. The van der Waals surface area contributed by atoms with Crippen molar-refractivity contribution in [3.8, 4) is 0 Å². The van der Waals surface area contributed by atoms with Crippen LogP contribution < -0.4 is 15.5 Å². The molecule has 0 aliphatic carbocycles. The molecule has 1 aromatic carbocycles. The van der Waals surface area contributed by atoms with E-state index in [1.54, 1.807) is 6.08 Å². The molecule has 0 unspecified atom stereocenters. The number of ether oxygens (including phenoxy) is 1. The van der Waals surface area contributed by atoms with Crippen LogP contribution in [0.3, 0.4) is 0 Å². The zero-order chi connectivity index (χ0) is 14.8. The molecule has 0 saturated carbocycles. The molecule has 2 aliphatic rings. The van der Waals surface area contributed by atoms with Gasteiger partial charge in [0.15, 0.2) is 0 Å². The van der Waals surface area contributed by atoms with Gasteiger partial charge in [0.1, 0.15) is 5.70 Å². The van der Waals surface area contributed by atoms with Crippen LogP contribution in [0.25, 0.3) is 6.08 Å². The Balaban J connectivity index is 1.83. The second-order valence-corrected chi connectivity index (χ2v) is 5.11. The molecule has 2 aliphatic heterocycles. The number of rotatable bonds is 2. The van der Waals surface area contributed by atoms with Gasteiger partial charge in [0, 0.05) is 18.8 Å². The molecule has 0 bridgehead atoms. The lowest BCUT2D eigenvalue weighted by molar-refractivity contribution is -0.115. The van der Waals surface area contributed by atoms with Crippen LogP contribution in [0.4, 0.5) is 10.5 Å². The highest BCUT2D eigenvalue weighted by Gasteiger charge is 2.23. The van der Waals surface area contributed by atoms with Crippen LogP contribution in [-0.2, 0) is 9.53 Å². The smallest absolute Gasteiger partial charge is 0.326 e. The Hall–Kier alpha value is -2.34. The predicted octanol–water partition coefficient (Wildman–Crippen LogP) is 1.01. The number of nitrogens with one attached hydrogen (secondary N) is 2. The van der Waals surface area contributed by atoms with Gasteiger partial charge in [0.25, 0.3) is 5.91 Å². The van der Waals surface area contributed by atoms with Gasteiger partial charge in [-0.2, -0.15) is 0 Å². The van der Waals surface area contributed by atoms with Crippen LogP contribution in [0.15, 0.2) is 23.9 Å². The quantitative estimate of drug-likeness (QED) is 0.629. The minimum atomic E-state index is -0.478. The molecule has 2 fully saturated rings. The fraction of sp³-hybridized carbons (Fsp3) is 0.333. The minimum absolute atomic E-state index is 0.280. The predicted molar refractivity (Wildman–Crippen MR) is 78.9 cm³/mol. The van der Waals surface area contributed by atoms with Crippen LogP contribution in [0.2, 0.25) is 0 Å². The summed E-state index contributed by atoms with van der Waals surface area (Å²) in [7, 11) is 0. The highest BCUT2D eigenvalue weighted by atomic mass is 16.5. The van der Waals surface area contributed by atoms with E-state index >= 15 is 0 Å². The summed E-state index contributed by atoms with van der Waals surface area (Å²) in [4.78, 5) is 24.9. The first-order chi connectivity index (χ1) is 10.1. The normalized spacial score (nSPS) is 20.6. The SMILES string of the molecule is Cc1cc(N2CCOCC2)ccc1/C=C1/NC(=O)NC1=O. The summed E-state index contributed by atoms with van der Waals surface area (Å²) in [6.45, 7) is 5.26. The number of amides is 3. The summed E-state index contributed by atoms with van der Waals surface area (Å²) >= 11 is 0. The lowest BCUT2D eigenvalue weighted by atomic mass is 10.1. The zero-order valence-electron chi connectivity index (χ0n) is 11.8. The van der Waals surface area contributed by atoms with Gasteiger partial charge < -0.3 is 15.0 Å². The summed E-state index contributed by atoms with van der Waals surface area (Å²) in [6.07, 6.45) is 1.69. The molecule has 3 amide bonds. The number of urea groups is 1. The van der Waals surface area contributed by atoms with Gasteiger partial charge >= 0.3 is 6.03 Å². The number of carbonyl (C=O) groups excluding carboxylic acids is 2. The maximum absolute atomic E-state index is 11.5. The largest absolute Gasteiger partial charge is 0.378 e. The average molecular weight is 287 g/mol. The Morgan fingerprint density at radius 1 is 1.19 bits per heavy atom. The molecule has 1 aromatic rings. The standard InChI is InChI=1S/C15H17N3O3/c1-10-8-12(18-4-6-21-7-5-18)3-2-11(10)9-13-14(19)17-15(20)16-13/h2-3,8-9H,4-7H2,1H3,(H2,16,17,19,20)/b13-9+. The Morgan fingerprint density at radius 2 is 1.95 bits per heavy atom. The van der Waals surface area contributed by atoms with E-state index in [9.17, 15) is 9.59 Å². The zero-order valence-corrected chi connectivity index (χ0v) is 11.8. The lowest BCUT2D eigenvalue weighted by Crippen LogP contribution is -2.36. The number of aryl methyl sites for hydroxylation is 1. The highest BCUT2D eigenvalue weighted by Crippen LogP contribution is 2.22. The van der Waals surface area contributed by atoms with Crippen molar-refractivity contribution in [3.63, 3.8) is 0 Å². The number of hydrogen-bond acceptors (Lipinski definition) is 4. The van der Waals surface area contributed by atoms with E-state index in [0.717, 1.165) is 43.1 Å². The van der Waals surface area contributed by atoms with Crippen LogP contribution >= 0.6 is 0 Å². The average Bonchev–Trinajstić information content (AvgIpc) is 2.80. The van der Waals surface area contributed by atoms with E-state index in [-0.39, 0.29) is 5.70 Å². The lowest BCUT2D eigenvalue weighted by Gasteiger charge is -2.29.